The van der Waals surface area contributed by atoms with Crippen LogP contribution in [0.2, 0.25) is 0 Å². The van der Waals surface area contributed by atoms with Gasteiger partial charge in [-0.25, -0.2) is 15.0 Å². The molecule has 2 aromatic heterocycles. The predicted molar refractivity (Wildman–Crippen MR) is 219 cm³/mol. The highest BCUT2D eigenvalue weighted by atomic mass is 15.0. The zero-order valence-corrected chi connectivity index (χ0v) is 28.8. The summed E-state index contributed by atoms with van der Waals surface area (Å²) in [5, 5.41) is 4.88. The summed E-state index contributed by atoms with van der Waals surface area (Å²) in [6.45, 7) is 0. The van der Waals surface area contributed by atoms with Gasteiger partial charge < -0.3 is 4.57 Å². The molecule has 2 heterocycles. The van der Waals surface area contributed by atoms with Gasteiger partial charge in [-0.3, -0.25) is 0 Å². The Morgan fingerprint density at radius 3 is 1.47 bits per heavy atom. The Labute approximate surface area is 307 Å². The van der Waals surface area contributed by atoms with Crippen LogP contribution >= 0.6 is 0 Å². The van der Waals surface area contributed by atoms with Crippen LogP contribution in [0, 0.1) is 0 Å². The number of fused-ring (bicyclic) bond motifs is 4. The second-order valence-electron chi connectivity index (χ2n) is 13.3. The minimum atomic E-state index is 0.621. The van der Waals surface area contributed by atoms with Gasteiger partial charge in [-0.05, 0) is 69.4 Å². The molecule has 0 amide bonds. The molecule has 0 atom stereocenters. The normalized spacial score (nSPS) is 11.4. The fourth-order valence-corrected chi connectivity index (χ4v) is 7.40. The van der Waals surface area contributed by atoms with Gasteiger partial charge in [0, 0.05) is 33.2 Å². The van der Waals surface area contributed by atoms with Crippen molar-refractivity contribution in [2.45, 2.75) is 0 Å². The molecule has 0 unspecified atom stereocenters. The molecule has 0 saturated heterocycles. The van der Waals surface area contributed by atoms with E-state index in [-0.39, 0.29) is 0 Å². The molecular formula is C49H32N4. The molecule has 10 aromatic rings. The second kappa shape index (κ2) is 12.9. The van der Waals surface area contributed by atoms with Crippen molar-refractivity contribution in [2.75, 3.05) is 0 Å². The van der Waals surface area contributed by atoms with Crippen molar-refractivity contribution < 1.29 is 0 Å². The summed E-state index contributed by atoms with van der Waals surface area (Å²) in [6, 6.07) is 68.1. The molecule has 53 heavy (non-hydrogen) atoms. The Morgan fingerprint density at radius 2 is 0.755 bits per heavy atom. The standard InChI is InChI=1S/C49H32N4/c1-2-12-33(13-3-1)35-24-27-36(28-25-35)47-50-48(40-17-10-16-38(31-40)39-29-26-34-14-4-5-15-37(34)30-39)52-49(51-47)41-18-11-19-42(32-41)53-45-22-8-6-20-43(45)44-21-7-9-23-46(44)53/h1-32H. The van der Waals surface area contributed by atoms with Gasteiger partial charge in [0.1, 0.15) is 0 Å². The van der Waals surface area contributed by atoms with Crippen LogP contribution in [0.5, 0.6) is 0 Å². The number of aromatic nitrogens is 4. The van der Waals surface area contributed by atoms with Crippen molar-refractivity contribution in [3.05, 3.63) is 194 Å². The lowest BCUT2D eigenvalue weighted by Crippen LogP contribution is -2.01. The van der Waals surface area contributed by atoms with Crippen molar-refractivity contribution in [1.29, 1.82) is 0 Å². The number of para-hydroxylation sites is 2. The Hall–Kier alpha value is -7.17. The smallest absolute Gasteiger partial charge is 0.164 e. The van der Waals surface area contributed by atoms with E-state index in [1.165, 1.54) is 27.1 Å². The Balaban J connectivity index is 1.12. The van der Waals surface area contributed by atoms with Crippen LogP contribution < -0.4 is 0 Å². The molecule has 0 radical (unpaired) electrons. The van der Waals surface area contributed by atoms with E-state index in [1.54, 1.807) is 0 Å². The minimum Gasteiger partial charge on any atom is -0.309 e. The third kappa shape index (κ3) is 5.63. The van der Waals surface area contributed by atoms with Gasteiger partial charge in [0.2, 0.25) is 0 Å². The Bertz CT molecular complexity index is 2890. The van der Waals surface area contributed by atoms with E-state index in [4.69, 9.17) is 15.0 Å². The van der Waals surface area contributed by atoms with Crippen molar-refractivity contribution in [2.24, 2.45) is 0 Å². The first kappa shape index (κ1) is 30.6. The SMILES string of the molecule is c1ccc(-c2ccc(-c3nc(-c4cccc(-c5ccc6ccccc6c5)c4)nc(-c4cccc(-n5c6ccccc6c6ccccc65)c4)n3)cc2)cc1. The van der Waals surface area contributed by atoms with Crippen LogP contribution in [0.1, 0.15) is 0 Å². The van der Waals surface area contributed by atoms with Crippen LogP contribution in [0.25, 0.3) is 94.7 Å². The van der Waals surface area contributed by atoms with E-state index in [2.05, 4.69) is 193 Å². The molecule has 10 rings (SSSR count). The first-order valence-electron chi connectivity index (χ1n) is 17.9. The second-order valence-corrected chi connectivity index (χ2v) is 13.3. The van der Waals surface area contributed by atoms with Crippen molar-refractivity contribution in [1.82, 2.24) is 19.5 Å². The van der Waals surface area contributed by atoms with Crippen LogP contribution in [0.3, 0.4) is 0 Å². The van der Waals surface area contributed by atoms with Gasteiger partial charge in [0.05, 0.1) is 11.0 Å². The van der Waals surface area contributed by atoms with Crippen molar-refractivity contribution in [3.8, 4) is 62.1 Å². The molecular weight excluding hydrogens is 645 g/mol. The molecule has 0 aliphatic rings. The fourth-order valence-electron chi connectivity index (χ4n) is 7.40. The molecule has 4 heteroatoms. The maximum Gasteiger partial charge on any atom is 0.164 e. The molecule has 0 spiro atoms. The summed E-state index contributed by atoms with van der Waals surface area (Å²) >= 11 is 0. The van der Waals surface area contributed by atoms with Gasteiger partial charge >= 0.3 is 0 Å². The average Bonchev–Trinajstić information content (AvgIpc) is 3.58. The van der Waals surface area contributed by atoms with Crippen LogP contribution in [-0.4, -0.2) is 19.5 Å². The summed E-state index contributed by atoms with van der Waals surface area (Å²) in [7, 11) is 0. The lowest BCUT2D eigenvalue weighted by atomic mass is 9.99. The van der Waals surface area contributed by atoms with E-state index in [0.29, 0.717) is 17.5 Å². The highest BCUT2D eigenvalue weighted by Crippen LogP contribution is 2.34. The van der Waals surface area contributed by atoms with Crippen LogP contribution in [0.15, 0.2) is 194 Å². The van der Waals surface area contributed by atoms with Gasteiger partial charge in [-0.1, -0.05) is 158 Å². The van der Waals surface area contributed by atoms with Crippen molar-refractivity contribution in [3.63, 3.8) is 0 Å². The number of rotatable bonds is 6. The highest BCUT2D eigenvalue weighted by Gasteiger charge is 2.16. The van der Waals surface area contributed by atoms with Crippen LogP contribution in [-0.2, 0) is 0 Å². The molecule has 4 nitrogen and oxygen atoms in total. The highest BCUT2D eigenvalue weighted by molar-refractivity contribution is 6.09. The molecule has 0 aliphatic heterocycles. The molecule has 0 aliphatic carbocycles. The van der Waals surface area contributed by atoms with Gasteiger partial charge in [-0.2, -0.15) is 0 Å². The molecule has 0 saturated carbocycles. The number of hydrogen-bond donors (Lipinski definition) is 0. The largest absolute Gasteiger partial charge is 0.309 e. The number of nitrogens with zero attached hydrogens (tertiary/aromatic N) is 4. The molecule has 248 valence electrons. The van der Waals surface area contributed by atoms with E-state index in [9.17, 15) is 0 Å². The quantitative estimate of drug-likeness (QED) is 0.176. The van der Waals surface area contributed by atoms with E-state index in [1.807, 2.05) is 6.07 Å². The van der Waals surface area contributed by atoms with Crippen LogP contribution in [0.4, 0.5) is 0 Å². The zero-order valence-electron chi connectivity index (χ0n) is 28.8. The van der Waals surface area contributed by atoms with Crippen molar-refractivity contribution >= 4 is 32.6 Å². The molecule has 0 N–H and O–H groups in total. The number of hydrogen-bond acceptors (Lipinski definition) is 3. The van der Waals surface area contributed by atoms with Gasteiger partial charge in [0.25, 0.3) is 0 Å². The third-order valence-corrected chi connectivity index (χ3v) is 10.0. The molecule has 0 bridgehead atoms. The zero-order chi connectivity index (χ0) is 35.1. The van der Waals surface area contributed by atoms with Gasteiger partial charge in [0.15, 0.2) is 17.5 Å². The summed E-state index contributed by atoms with van der Waals surface area (Å²) < 4.78 is 2.33. The summed E-state index contributed by atoms with van der Waals surface area (Å²) in [6.07, 6.45) is 0. The van der Waals surface area contributed by atoms with Gasteiger partial charge in [-0.15, -0.1) is 0 Å². The maximum atomic E-state index is 5.16. The monoisotopic (exact) mass is 676 g/mol. The number of benzene rings is 8. The summed E-state index contributed by atoms with van der Waals surface area (Å²) in [5.74, 6) is 1.88. The van der Waals surface area contributed by atoms with E-state index < -0.39 is 0 Å². The predicted octanol–water partition coefficient (Wildman–Crippen LogP) is 12.5. The first-order valence-corrected chi connectivity index (χ1v) is 17.9. The molecule has 8 aromatic carbocycles. The maximum absolute atomic E-state index is 5.16. The minimum absolute atomic E-state index is 0.621. The summed E-state index contributed by atoms with van der Waals surface area (Å²) in [4.78, 5) is 15.4. The Morgan fingerprint density at radius 1 is 0.283 bits per heavy atom. The van der Waals surface area contributed by atoms with E-state index in [0.717, 1.165) is 50.1 Å². The molecule has 0 fully saturated rings. The average molecular weight is 677 g/mol. The Kier molecular flexibility index (Phi) is 7.43. The fraction of sp³-hybridized carbons (Fsp3) is 0. The lowest BCUT2D eigenvalue weighted by molar-refractivity contribution is 1.07. The summed E-state index contributed by atoms with van der Waals surface area (Å²) in [5.41, 5.74) is 10.7. The van der Waals surface area contributed by atoms with E-state index >= 15 is 0 Å². The first-order chi connectivity index (χ1) is 26.2. The third-order valence-electron chi connectivity index (χ3n) is 10.0. The topological polar surface area (TPSA) is 43.6 Å². The lowest BCUT2D eigenvalue weighted by Gasteiger charge is -2.12.